The number of nitrogens with two attached hydrogens (primary N) is 2. The fourth-order valence-electron chi connectivity index (χ4n) is 0.986. The summed E-state index contributed by atoms with van der Waals surface area (Å²) < 4.78 is 0. The molecule has 0 saturated heterocycles. The third kappa shape index (κ3) is 3.49. The molecule has 1 saturated carbocycles. The lowest BCUT2D eigenvalue weighted by molar-refractivity contribution is -0.728. The second kappa shape index (κ2) is 3.85. The van der Waals surface area contributed by atoms with Crippen LogP contribution in [0.4, 0.5) is 0 Å². The van der Waals surface area contributed by atoms with Gasteiger partial charge in [0.15, 0.2) is 0 Å². The van der Waals surface area contributed by atoms with E-state index in [0.29, 0.717) is 0 Å². The summed E-state index contributed by atoms with van der Waals surface area (Å²) >= 11 is 0. The Morgan fingerprint density at radius 3 is 2.67 bits per heavy atom. The SMILES string of the molecule is CC[NH2+]CC[NH2+]C1CC1. The van der Waals surface area contributed by atoms with Gasteiger partial charge < -0.3 is 10.6 Å². The normalized spacial score (nSPS) is 18.3. The van der Waals surface area contributed by atoms with E-state index in [2.05, 4.69) is 17.6 Å². The van der Waals surface area contributed by atoms with Crippen molar-refractivity contribution in [3.8, 4) is 0 Å². The lowest BCUT2D eigenvalue weighted by Crippen LogP contribution is -2.95. The van der Waals surface area contributed by atoms with Crippen LogP contribution in [-0.2, 0) is 0 Å². The van der Waals surface area contributed by atoms with Gasteiger partial charge in [-0.2, -0.15) is 0 Å². The van der Waals surface area contributed by atoms with Gasteiger partial charge in [0.1, 0.15) is 13.1 Å². The van der Waals surface area contributed by atoms with E-state index < -0.39 is 0 Å². The molecule has 0 aromatic carbocycles. The molecule has 0 amide bonds. The monoisotopic (exact) mass is 130 g/mol. The lowest BCUT2D eigenvalue weighted by atomic mass is 10.5. The summed E-state index contributed by atoms with van der Waals surface area (Å²) in [6.45, 7) is 6.06. The summed E-state index contributed by atoms with van der Waals surface area (Å²) in [5.74, 6) is 0. The molecule has 0 spiro atoms. The van der Waals surface area contributed by atoms with Crippen LogP contribution in [0.25, 0.3) is 0 Å². The molecular weight excluding hydrogens is 112 g/mol. The maximum atomic E-state index is 2.48. The third-order valence-electron chi connectivity index (χ3n) is 1.78. The molecule has 1 fully saturated rings. The molecule has 0 unspecified atom stereocenters. The highest BCUT2D eigenvalue weighted by Gasteiger charge is 2.24. The maximum Gasteiger partial charge on any atom is 0.125 e. The Kier molecular flexibility index (Phi) is 3.01. The summed E-state index contributed by atoms with van der Waals surface area (Å²) in [6.07, 6.45) is 2.93. The van der Waals surface area contributed by atoms with E-state index in [1.165, 1.54) is 32.5 Å². The highest BCUT2D eigenvalue weighted by molar-refractivity contribution is 4.68. The van der Waals surface area contributed by atoms with Crippen molar-refractivity contribution in [2.75, 3.05) is 19.6 Å². The highest BCUT2D eigenvalue weighted by Crippen LogP contribution is 2.12. The predicted octanol–water partition coefficient (Wildman–Crippen LogP) is -1.70. The first kappa shape index (κ1) is 7.03. The standard InChI is InChI=1S/C7H16N2/c1-2-8-5-6-9-7-3-4-7/h7-9H,2-6H2,1H3/p+2. The quantitative estimate of drug-likeness (QED) is 0.416. The topological polar surface area (TPSA) is 33.2 Å². The Labute approximate surface area is 57.0 Å². The molecule has 4 N–H and O–H groups in total. The number of likely N-dealkylation sites (N-methyl/N-ethyl adjacent to an activating group) is 1. The first-order valence-corrected chi connectivity index (χ1v) is 4.08. The van der Waals surface area contributed by atoms with Crippen molar-refractivity contribution in [3.05, 3.63) is 0 Å². The molecule has 0 aliphatic heterocycles. The molecule has 0 bridgehead atoms. The summed E-state index contributed by atoms with van der Waals surface area (Å²) in [5.41, 5.74) is 0. The molecular formula is C7H18N2+2. The van der Waals surface area contributed by atoms with Gasteiger partial charge >= 0.3 is 0 Å². The number of quaternary nitrogens is 2. The van der Waals surface area contributed by atoms with Crippen LogP contribution in [0.3, 0.4) is 0 Å². The van der Waals surface area contributed by atoms with Crippen LogP contribution in [0.15, 0.2) is 0 Å². The van der Waals surface area contributed by atoms with E-state index in [-0.39, 0.29) is 0 Å². The first-order chi connectivity index (χ1) is 4.43. The molecule has 0 aromatic rings. The van der Waals surface area contributed by atoms with Crippen molar-refractivity contribution < 1.29 is 10.6 Å². The predicted molar refractivity (Wildman–Crippen MR) is 37.1 cm³/mol. The van der Waals surface area contributed by atoms with Gasteiger partial charge in [0.25, 0.3) is 0 Å². The van der Waals surface area contributed by atoms with Gasteiger partial charge in [-0.15, -0.1) is 0 Å². The van der Waals surface area contributed by atoms with Gasteiger partial charge in [-0.3, -0.25) is 0 Å². The average Bonchev–Trinajstić information content (AvgIpc) is 2.63. The van der Waals surface area contributed by atoms with E-state index >= 15 is 0 Å². The van der Waals surface area contributed by atoms with Gasteiger partial charge in [-0.1, -0.05) is 0 Å². The minimum Gasteiger partial charge on any atom is -0.342 e. The molecule has 0 heterocycles. The van der Waals surface area contributed by atoms with Crippen molar-refractivity contribution in [1.29, 1.82) is 0 Å². The number of hydrogen-bond donors (Lipinski definition) is 2. The van der Waals surface area contributed by atoms with Crippen molar-refractivity contribution in [3.63, 3.8) is 0 Å². The summed E-state index contributed by atoms with van der Waals surface area (Å²) in [6, 6.07) is 1.01. The van der Waals surface area contributed by atoms with E-state index in [1.807, 2.05) is 0 Å². The van der Waals surface area contributed by atoms with Crippen LogP contribution in [0.2, 0.25) is 0 Å². The van der Waals surface area contributed by atoms with Crippen molar-refractivity contribution in [2.24, 2.45) is 0 Å². The molecule has 0 atom stereocenters. The van der Waals surface area contributed by atoms with Crippen LogP contribution < -0.4 is 10.6 Å². The molecule has 1 aliphatic rings. The first-order valence-electron chi connectivity index (χ1n) is 4.08. The maximum absolute atomic E-state index is 2.48. The van der Waals surface area contributed by atoms with Gasteiger partial charge in [0.2, 0.25) is 0 Å². The molecule has 1 rings (SSSR count). The van der Waals surface area contributed by atoms with Crippen LogP contribution in [0, 0.1) is 0 Å². The smallest absolute Gasteiger partial charge is 0.125 e. The molecule has 2 heteroatoms. The summed E-state index contributed by atoms with van der Waals surface area (Å²) in [5, 5.41) is 4.84. The zero-order valence-corrected chi connectivity index (χ0v) is 6.27. The lowest BCUT2D eigenvalue weighted by Gasteiger charge is -1.96. The Bertz CT molecular complexity index is 69.3. The van der Waals surface area contributed by atoms with Gasteiger partial charge in [-0.05, 0) is 6.92 Å². The van der Waals surface area contributed by atoms with E-state index in [4.69, 9.17) is 0 Å². The van der Waals surface area contributed by atoms with Crippen LogP contribution >= 0.6 is 0 Å². The van der Waals surface area contributed by atoms with E-state index in [9.17, 15) is 0 Å². The fraction of sp³-hybridized carbons (Fsp3) is 1.00. The van der Waals surface area contributed by atoms with Crippen LogP contribution in [-0.4, -0.2) is 25.7 Å². The Morgan fingerprint density at radius 2 is 2.11 bits per heavy atom. The number of rotatable bonds is 5. The molecule has 54 valence electrons. The fourth-order valence-corrected chi connectivity index (χ4v) is 0.986. The molecule has 0 aromatic heterocycles. The van der Waals surface area contributed by atoms with Gasteiger partial charge in [0.05, 0.1) is 12.6 Å². The largest absolute Gasteiger partial charge is 0.342 e. The highest BCUT2D eigenvalue weighted by atomic mass is 15.0. The number of hydrogen-bond acceptors (Lipinski definition) is 0. The van der Waals surface area contributed by atoms with Crippen LogP contribution in [0.1, 0.15) is 19.8 Å². The second-order valence-electron chi connectivity index (χ2n) is 2.85. The van der Waals surface area contributed by atoms with Gasteiger partial charge in [0, 0.05) is 12.8 Å². The van der Waals surface area contributed by atoms with Gasteiger partial charge in [-0.25, -0.2) is 0 Å². The Balaban J connectivity index is 1.71. The van der Waals surface area contributed by atoms with Crippen molar-refractivity contribution in [1.82, 2.24) is 0 Å². The molecule has 2 nitrogen and oxygen atoms in total. The van der Waals surface area contributed by atoms with Crippen molar-refractivity contribution in [2.45, 2.75) is 25.8 Å². The van der Waals surface area contributed by atoms with E-state index in [0.717, 1.165) is 6.04 Å². The zero-order valence-electron chi connectivity index (χ0n) is 6.27. The minimum atomic E-state index is 1.01. The Hall–Kier alpha value is -0.0800. The molecule has 0 radical (unpaired) electrons. The molecule has 1 aliphatic carbocycles. The Morgan fingerprint density at radius 1 is 1.33 bits per heavy atom. The van der Waals surface area contributed by atoms with E-state index in [1.54, 1.807) is 0 Å². The average molecular weight is 130 g/mol. The minimum absolute atomic E-state index is 1.01. The summed E-state index contributed by atoms with van der Waals surface area (Å²) in [4.78, 5) is 0. The second-order valence-corrected chi connectivity index (χ2v) is 2.85. The van der Waals surface area contributed by atoms with Crippen LogP contribution in [0.5, 0.6) is 0 Å². The molecule has 9 heavy (non-hydrogen) atoms. The summed E-state index contributed by atoms with van der Waals surface area (Å²) in [7, 11) is 0. The third-order valence-corrected chi connectivity index (χ3v) is 1.78. The van der Waals surface area contributed by atoms with Crippen molar-refractivity contribution >= 4 is 0 Å². The zero-order chi connectivity index (χ0) is 6.53.